The molecule has 0 bridgehead atoms. The molecule has 0 fully saturated rings. The number of ether oxygens (including phenoxy) is 3. The maximum Gasteiger partial charge on any atom is 0.339 e. The average Bonchev–Trinajstić information content (AvgIpc) is 3.02. The minimum Gasteiger partial charge on any atom is -0.459 e. The zero-order valence-corrected chi connectivity index (χ0v) is 15.9. The Kier molecular flexibility index (Phi) is 5.44. The van der Waals surface area contributed by atoms with E-state index < -0.39 is 5.60 Å². The molecule has 6 heteroatoms. The summed E-state index contributed by atoms with van der Waals surface area (Å²) in [5.74, 6) is -0.699. The molecule has 1 aliphatic rings. The number of carbonyl (C=O) groups is 2. The van der Waals surface area contributed by atoms with Gasteiger partial charge >= 0.3 is 11.9 Å². The Hall–Kier alpha value is -2.18. The maximum absolute atomic E-state index is 12.4. The van der Waals surface area contributed by atoms with Crippen LogP contribution in [0, 0.1) is 0 Å². The number of fused-ring (bicyclic) bond motifs is 1. The number of hydrogen-bond acceptors (Lipinski definition) is 6. The van der Waals surface area contributed by atoms with E-state index in [0.29, 0.717) is 24.2 Å². The molecule has 0 saturated heterocycles. The second-order valence-corrected chi connectivity index (χ2v) is 8.12. The third-order valence-corrected chi connectivity index (χ3v) is 4.89. The lowest BCUT2D eigenvalue weighted by molar-refractivity contribution is -0.0217. The van der Waals surface area contributed by atoms with Crippen molar-refractivity contribution in [2.24, 2.45) is 0 Å². The first-order valence-electron chi connectivity index (χ1n) is 8.50. The molecule has 138 valence electrons. The minimum atomic E-state index is -0.540. The highest BCUT2D eigenvalue weighted by Gasteiger charge is 2.29. The van der Waals surface area contributed by atoms with Crippen molar-refractivity contribution in [2.45, 2.75) is 45.5 Å². The van der Waals surface area contributed by atoms with E-state index in [-0.39, 0.29) is 24.6 Å². The van der Waals surface area contributed by atoms with E-state index in [1.54, 1.807) is 24.3 Å². The summed E-state index contributed by atoms with van der Waals surface area (Å²) in [6.07, 6.45) is 0.251. The predicted octanol–water partition coefficient (Wildman–Crippen LogP) is 4.00. The van der Waals surface area contributed by atoms with Gasteiger partial charge in [-0.3, -0.25) is 0 Å². The normalized spacial score (nSPS) is 16.7. The van der Waals surface area contributed by atoms with Gasteiger partial charge in [0.25, 0.3) is 0 Å². The molecule has 0 radical (unpaired) electrons. The Labute approximate surface area is 156 Å². The van der Waals surface area contributed by atoms with Gasteiger partial charge in [0, 0.05) is 16.7 Å². The number of hydrogen-bond donors (Lipinski definition) is 0. The number of carbonyl (C=O) groups excluding carboxylic acids is 2. The highest BCUT2D eigenvalue weighted by molar-refractivity contribution is 7.10. The van der Waals surface area contributed by atoms with Crippen LogP contribution >= 0.6 is 11.3 Å². The minimum absolute atomic E-state index is 0.150. The van der Waals surface area contributed by atoms with E-state index in [2.05, 4.69) is 0 Å². The molecule has 0 saturated carbocycles. The molecule has 0 aliphatic carbocycles. The highest BCUT2D eigenvalue weighted by atomic mass is 32.1. The van der Waals surface area contributed by atoms with Gasteiger partial charge in [-0.15, -0.1) is 11.3 Å². The fourth-order valence-corrected chi connectivity index (χ4v) is 3.66. The van der Waals surface area contributed by atoms with Gasteiger partial charge in [0.15, 0.2) is 0 Å². The average molecular weight is 374 g/mol. The summed E-state index contributed by atoms with van der Waals surface area (Å²) in [5.41, 5.74) is 1.50. The molecule has 0 amide bonds. The van der Waals surface area contributed by atoms with E-state index >= 15 is 0 Å². The number of benzene rings is 1. The topological polar surface area (TPSA) is 61.8 Å². The molecular formula is C20H22O5S. The van der Waals surface area contributed by atoms with Crippen LogP contribution in [-0.2, 0) is 27.2 Å². The zero-order chi connectivity index (χ0) is 18.7. The van der Waals surface area contributed by atoms with Gasteiger partial charge in [0.05, 0.1) is 23.8 Å². The molecular weight excluding hydrogens is 352 g/mol. The maximum atomic E-state index is 12.4. The van der Waals surface area contributed by atoms with Crippen LogP contribution in [0.15, 0.2) is 35.7 Å². The molecule has 26 heavy (non-hydrogen) atoms. The first-order chi connectivity index (χ1) is 12.3. The van der Waals surface area contributed by atoms with Gasteiger partial charge in [0.2, 0.25) is 0 Å². The van der Waals surface area contributed by atoms with Crippen molar-refractivity contribution in [3.63, 3.8) is 0 Å². The van der Waals surface area contributed by atoms with Crippen molar-refractivity contribution in [1.29, 1.82) is 0 Å². The molecule has 0 spiro atoms. The van der Waals surface area contributed by atoms with Crippen LogP contribution in [0.1, 0.15) is 51.9 Å². The summed E-state index contributed by atoms with van der Waals surface area (Å²) in [5, 5.41) is 1.82. The highest BCUT2D eigenvalue weighted by Crippen LogP contribution is 2.31. The van der Waals surface area contributed by atoms with Gasteiger partial charge in [-0.05, 0) is 38.5 Å². The van der Waals surface area contributed by atoms with E-state index in [9.17, 15) is 9.59 Å². The van der Waals surface area contributed by atoms with Crippen LogP contribution in [0.4, 0.5) is 0 Å². The Morgan fingerprint density at radius 3 is 2.62 bits per heavy atom. The van der Waals surface area contributed by atoms with E-state index in [0.717, 1.165) is 10.4 Å². The summed E-state index contributed by atoms with van der Waals surface area (Å²) in [6.45, 7) is 6.10. The predicted molar refractivity (Wildman–Crippen MR) is 98.5 cm³/mol. The number of thiophene rings is 1. The van der Waals surface area contributed by atoms with Gasteiger partial charge in [-0.1, -0.05) is 18.2 Å². The fourth-order valence-electron chi connectivity index (χ4n) is 2.69. The molecule has 1 aromatic carbocycles. The number of esters is 2. The zero-order valence-electron chi connectivity index (χ0n) is 15.1. The van der Waals surface area contributed by atoms with Crippen LogP contribution in [0.2, 0.25) is 0 Å². The van der Waals surface area contributed by atoms with Crippen molar-refractivity contribution in [2.75, 3.05) is 6.61 Å². The third kappa shape index (κ3) is 4.51. The number of rotatable bonds is 4. The van der Waals surface area contributed by atoms with Gasteiger partial charge in [0.1, 0.15) is 12.2 Å². The fraction of sp³-hybridized carbons (Fsp3) is 0.400. The second kappa shape index (κ2) is 7.60. The summed E-state index contributed by atoms with van der Waals surface area (Å²) < 4.78 is 16.6. The van der Waals surface area contributed by atoms with Gasteiger partial charge < -0.3 is 14.2 Å². The molecule has 1 aliphatic heterocycles. The van der Waals surface area contributed by atoms with Crippen molar-refractivity contribution in [3.05, 3.63) is 57.3 Å². The molecule has 5 nitrogen and oxygen atoms in total. The molecule has 0 N–H and O–H groups in total. The standard InChI is InChI=1S/C20H22O5S/c1-20(2,3)25-19(22)16-12-26-17-11-23-14(9-15(16)17)10-24-18(21)13-7-5-4-6-8-13/h4-8,12,14H,9-11H2,1-3H3. The molecule has 3 rings (SSSR count). The smallest absolute Gasteiger partial charge is 0.339 e. The Bertz CT molecular complexity index is 788. The largest absolute Gasteiger partial charge is 0.459 e. The quantitative estimate of drug-likeness (QED) is 0.757. The Morgan fingerprint density at radius 2 is 1.92 bits per heavy atom. The molecule has 1 unspecified atom stereocenters. The SMILES string of the molecule is CC(C)(C)OC(=O)c1csc2c1CC(COC(=O)c1ccccc1)OC2. The van der Waals surface area contributed by atoms with Crippen molar-refractivity contribution < 1.29 is 23.8 Å². The summed E-state index contributed by atoms with van der Waals surface area (Å²) >= 11 is 1.50. The monoisotopic (exact) mass is 374 g/mol. The van der Waals surface area contributed by atoms with Crippen LogP contribution in [0.25, 0.3) is 0 Å². The molecule has 1 atom stereocenters. The van der Waals surface area contributed by atoms with Crippen LogP contribution < -0.4 is 0 Å². The lowest BCUT2D eigenvalue weighted by Gasteiger charge is -2.24. The molecule has 1 aromatic heterocycles. The molecule has 2 aromatic rings. The van der Waals surface area contributed by atoms with Crippen LogP contribution in [0.3, 0.4) is 0 Å². The summed E-state index contributed by atoms with van der Waals surface area (Å²) in [6, 6.07) is 8.84. The first-order valence-corrected chi connectivity index (χ1v) is 9.38. The summed E-state index contributed by atoms with van der Waals surface area (Å²) in [7, 11) is 0. The van der Waals surface area contributed by atoms with Gasteiger partial charge in [-0.2, -0.15) is 0 Å². The van der Waals surface area contributed by atoms with Gasteiger partial charge in [-0.25, -0.2) is 9.59 Å². The Morgan fingerprint density at radius 1 is 1.19 bits per heavy atom. The third-order valence-electron chi connectivity index (χ3n) is 3.89. The lowest BCUT2D eigenvalue weighted by Crippen LogP contribution is -2.29. The Balaban J connectivity index is 1.63. The summed E-state index contributed by atoms with van der Waals surface area (Å²) in [4.78, 5) is 25.5. The van der Waals surface area contributed by atoms with Crippen molar-refractivity contribution in [3.8, 4) is 0 Å². The van der Waals surface area contributed by atoms with Crippen LogP contribution in [0.5, 0.6) is 0 Å². The van der Waals surface area contributed by atoms with E-state index in [1.807, 2.05) is 32.2 Å². The van der Waals surface area contributed by atoms with E-state index in [1.165, 1.54) is 11.3 Å². The second-order valence-electron chi connectivity index (χ2n) is 7.15. The van der Waals surface area contributed by atoms with Crippen LogP contribution in [-0.4, -0.2) is 30.3 Å². The van der Waals surface area contributed by atoms with Crippen molar-refractivity contribution >= 4 is 23.3 Å². The first kappa shape index (κ1) is 18.6. The molecule has 2 heterocycles. The van der Waals surface area contributed by atoms with Crippen molar-refractivity contribution in [1.82, 2.24) is 0 Å². The lowest BCUT2D eigenvalue weighted by atomic mass is 10.0. The van der Waals surface area contributed by atoms with E-state index in [4.69, 9.17) is 14.2 Å².